The van der Waals surface area contributed by atoms with E-state index in [1.54, 1.807) is 0 Å². The van der Waals surface area contributed by atoms with Gasteiger partial charge in [-0.05, 0) is 24.3 Å². The monoisotopic (exact) mass is 312 g/mol. The fraction of sp³-hybridized carbons (Fsp3) is 0.143. The normalized spacial score (nSPS) is 10.3. The average molecular weight is 312 g/mol. The first-order valence-corrected chi connectivity index (χ1v) is 6.23. The van der Waals surface area contributed by atoms with Crippen LogP contribution in [0.2, 0.25) is 0 Å². The second-order valence-corrected chi connectivity index (χ2v) is 4.27. The van der Waals surface area contributed by atoms with E-state index in [0.29, 0.717) is 6.07 Å². The van der Waals surface area contributed by atoms with Gasteiger partial charge >= 0.3 is 0 Å². The second kappa shape index (κ2) is 6.79. The van der Waals surface area contributed by atoms with Crippen LogP contribution in [0.25, 0.3) is 0 Å². The molecule has 0 heterocycles. The van der Waals surface area contributed by atoms with E-state index in [2.05, 4.69) is 5.32 Å². The molecule has 22 heavy (non-hydrogen) atoms. The van der Waals surface area contributed by atoms with Gasteiger partial charge in [0, 0.05) is 12.6 Å². The van der Waals surface area contributed by atoms with Gasteiger partial charge in [-0.15, -0.1) is 0 Å². The number of nitrogens with one attached hydrogen (secondary N) is 1. The molecule has 0 atom stereocenters. The van der Waals surface area contributed by atoms with Crippen LogP contribution in [-0.4, -0.2) is 18.1 Å². The topological polar surface area (TPSA) is 64.4 Å². The maximum atomic E-state index is 13.3. The standard InChI is InChI=1S/C14H11F3N2O3/c15-9-2-4-14(11(17)7-9)22-6-5-18-12-3-1-10(16)8-13(12)19(20)21/h1-4,7-8,18H,5-6H2. The van der Waals surface area contributed by atoms with Crippen LogP contribution in [0.1, 0.15) is 0 Å². The molecule has 0 aromatic heterocycles. The van der Waals surface area contributed by atoms with Crippen molar-refractivity contribution in [1.29, 1.82) is 0 Å². The average Bonchev–Trinajstić information content (AvgIpc) is 2.46. The summed E-state index contributed by atoms with van der Waals surface area (Å²) in [4.78, 5) is 10.1. The Labute approximate surface area is 123 Å². The number of hydrogen-bond donors (Lipinski definition) is 1. The van der Waals surface area contributed by atoms with E-state index in [1.807, 2.05) is 0 Å². The maximum Gasteiger partial charge on any atom is 0.295 e. The number of rotatable bonds is 6. The van der Waals surface area contributed by atoms with Crippen LogP contribution in [0.4, 0.5) is 24.5 Å². The fourth-order valence-corrected chi connectivity index (χ4v) is 1.74. The third kappa shape index (κ3) is 3.87. The van der Waals surface area contributed by atoms with Crippen LogP contribution >= 0.6 is 0 Å². The molecule has 2 aromatic rings. The van der Waals surface area contributed by atoms with Gasteiger partial charge in [-0.2, -0.15) is 0 Å². The minimum atomic E-state index is -0.840. The highest BCUT2D eigenvalue weighted by molar-refractivity contribution is 5.61. The summed E-state index contributed by atoms with van der Waals surface area (Å²) in [6, 6.07) is 5.99. The largest absolute Gasteiger partial charge is 0.489 e. The predicted molar refractivity (Wildman–Crippen MR) is 73.4 cm³/mol. The zero-order valence-electron chi connectivity index (χ0n) is 11.2. The zero-order chi connectivity index (χ0) is 16.1. The number of anilines is 1. The Balaban J connectivity index is 1.93. The van der Waals surface area contributed by atoms with E-state index >= 15 is 0 Å². The van der Waals surface area contributed by atoms with Crippen molar-refractivity contribution in [2.75, 3.05) is 18.5 Å². The SMILES string of the molecule is O=[N+]([O-])c1cc(F)ccc1NCCOc1ccc(F)cc1F. The molecule has 116 valence electrons. The van der Waals surface area contributed by atoms with Crippen molar-refractivity contribution < 1.29 is 22.8 Å². The first kappa shape index (κ1) is 15.6. The van der Waals surface area contributed by atoms with Crippen LogP contribution in [0, 0.1) is 27.6 Å². The lowest BCUT2D eigenvalue weighted by molar-refractivity contribution is -0.384. The number of nitro groups is 1. The Morgan fingerprint density at radius 2 is 1.77 bits per heavy atom. The van der Waals surface area contributed by atoms with Crippen molar-refractivity contribution in [1.82, 2.24) is 0 Å². The highest BCUT2D eigenvalue weighted by atomic mass is 19.1. The summed E-state index contributed by atoms with van der Waals surface area (Å²) in [6.07, 6.45) is 0. The van der Waals surface area contributed by atoms with Gasteiger partial charge in [-0.3, -0.25) is 10.1 Å². The van der Waals surface area contributed by atoms with Gasteiger partial charge in [0.15, 0.2) is 11.6 Å². The van der Waals surface area contributed by atoms with E-state index in [9.17, 15) is 23.3 Å². The van der Waals surface area contributed by atoms with Gasteiger partial charge in [0.2, 0.25) is 0 Å². The summed E-state index contributed by atoms with van der Waals surface area (Å²) in [6.45, 7) is 0.0976. The maximum absolute atomic E-state index is 13.3. The number of benzene rings is 2. The molecule has 0 saturated heterocycles. The first-order valence-electron chi connectivity index (χ1n) is 6.23. The molecule has 2 aromatic carbocycles. The first-order chi connectivity index (χ1) is 10.5. The molecule has 1 N–H and O–H groups in total. The molecule has 0 saturated carbocycles. The van der Waals surface area contributed by atoms with Gasteiger partial charge in [0.25, 0.3) is 5.69 Å². The Kier molecular flexibility index (Phi) is 4.82. The smallest absolute Gasteiger partial charge is 0.295 e. The van der Waals surface area contributed by atoms with E-state index in [1.165, 1.54) is 6.07 Å². The molecular weight excluding hydrogens is 301 g/mol. The van der Waals surface area contributed by atoms with Crippen LogP contribution < -0.4 is 10.1 Å². The lowest BCUT2D eigenvalue weighted by Gasteiger charge is -2.09. The molecule has 0 fully saturated rings. The molecule has 0 aliphatic heterocycles. The lowest BCUT2D eigenvalue weighted by Crippen LogP contribution is -2.13. The quantitative estimate of drug-likeness (QED) is 0.504. The molecular formula is C14H11F3N2O3. The van der Waals surface area contributed by atoms with Gasteiger partial charge in [0.1, 0.15) is 23.9 Å². The number of hydrogen-bond acceptors (Lipinski definition) is 4. The van der Waals surface area contributed by atoms with Gasteiger partial charge in [0.05, 0.1) is 11.0 Å². The van der Waals surface area contributed by atoms with E-state index < -0.39 is 28.1 Å². The summed E-state index contributed by atoms with van der Waals surface area (Å²) in [7, 11) is 0. The molecule has 2 rings (SSSR count). The van der Waals surface area contributed by atoms with Crippen molar-refractivity contribution in [2.24, 2.45) is 0 Å². The predicted octanol–water partition coefficient (Wildman–Crippen LogP) is 3.50. The van der Waals surface area contributed by atoms with Crippen molar-refractivity contribution in [3.63, 3.8) is 0 Å². The minimum absolute atomic E-state index is 0.0168. The number of halogens is 3. The number of nitrogens with zero attached hydrogens (tertiary/aromatic N) is 1. The molecule has 0 radical (unpaired) electrons. The number of nitro benzene ring substituents is 1. The summed E-state index contributed by atoms with van der Waals surface area (Å²) in [5.74, 6) is -2.41. The van der Waals surface area contributed by atoms with Crippen molar-refractivity contribution in [3.8, 4) is 5.75 Å². The Bertz CT molecular complexity index is 695. The van der Waals surface area contributed by atoms with Crippen LogP contribution in [-0.2, 0) is 0 Å². The Morgan fingerprint density at radius 1 is 1.09 bits per heavy atom. The highest BCUT2D eigenvalue weighted by Crippen LogP contribution is 2.24. The molecule has 0 unspecified atom stereocenters. The number of ether oxygens (including phenoxy) is 1. The van der Waals surface area contributed by atoms with Crippen molar-refractivity contribution in [2.45, 2.75) is 0 Å². The summed E-state index contributed by atoms with van der Waals surface area (Å²) < 4.78 is 44.1. The van der Waals surface area contributed by atoms with Gasteiger partial charge < -0.3 is 10.1 Å². The molecule has 0 amide bonds. The molecule has 0 aliphatic carbocycles. The van der Waals surface area contributed by atoms with Crippen molar-refractivity contribution in [3.05, 3.63) is 64.0 Å². The third-order valence-electron chi connectivity index (χ3n) is 2.73. The Morgan fingerprint density at radius 3 is 2.45 bits per heavy atom. The highest BCUT2D eigenvalue weighted by Gasteiger charge is 2.14. The summed E-state index contributed by atoms with van der Waals surface area (Å²) in [5, 5.41) is 13.5. The Hall–Kier alpha value is -2.77. The van der Waals surface area contributed by atoms with E-state index in [4.69, 9.17) is 4.74 Å². The van der Waals surface area contributed by atoms with Crippen molar-refractivity contribution >= 4 is 11.4 Å². The van der Waals surface area contributed by atoms with Gasteiger partial charge in [-0.1, -0.05) is 0 Å². The van der Waals surface area contributed by atoms with Crippen LogP contribution in [0.3, 0.4) is 0 Å². The lowest BCUT2D eigenvalue weighted by atomic mass is 10.2. The van der Waals surface area contributed by atoms with E-state index in [-0.39, 0.29) is 24.6 Å². The molecule has 5 nitrogen and oxygen atoms in total. The van der Waals surface area contributed by atoms with Crippen LogP contribution in [0.15, 0.2) is 36.4 Å². The fourth-order valence-electron chi connectivity index (χ4n) is 1.74. The van der Waals surface area contributed by atoms with E-state index in [0.717, 1.165) is 24.3 Å². The van der Waals surface area contributed by atoms with Crippen LogP contribution in [0.5, 0.6) is 5.75 Å². The summed E-state index contributed by atoms with van der Waals surface area (Å²) >= 11 is 0. The third-order valence-corrected chi connectivity index (χ3v) is 2.73. The summed E-state index contributed by atoms with van der Waals surface area (Å²) in [5.41, 5.74) is -0.289. The second-order valence-electron chi connectivity index (χ2n) is 4.27. The molecule has 8 heteroatoms. The minimum Gasteiger partial charge on any atom is -0.489 e. The van der Waals surface area contributed by atoms with Gasteiger partial charge in [-0.25, -0.2) is 13.2 Å². The molecule has 0 spiro atoms. The molecule has 0 aliphatic rings. The molecule has 0 bridgehead atoms. The zero-order valence-corrected chi connectivity index (χ0v) is 11.2.